The van der Waals surface area contributed by atoms with E-state index in [-0.39, 0.29) is 0 Å². The Balaban J connectivity index is 2.64. The van der Waals surface area contributed by atoms with Crippen molar-refractivity contribution in [1.82, 2.24) is 9.97 Å². The minimum Gasteiger partial charge on any atom is -0.251 e. The lowest BCUT2D eigenvalue weighted by atomic mass is 10.1. The number of aromatic nitrogens is 2. The third-order valence-electron chi connectivity index (χ3n) is 2.96. The molecule has 2 nitrogen and oxygen atoms in total. The molecule has 0 saturated carbocycles. The van der Waals surface area contributed by atoms with Crippen LogP contribution >= 0.6 is 31.9 Å². The van der Waals surface area contributed by atoms with Crippen LogP contribution in [-0.2, 0) is 0 Å². The Bertz CT molecular complexity index is 715. The lowest BCUT2D eigenvalue weighted by molar-refractivity contribution is 1.23. The topological polar surface area (TPSA) is 25.8 Å². The third kappa shape index (κ3) is 1.75. The van der Waals surface area contributed by atoms with Crippen LogP contribution in [0.15, 0.2) is 33.2 Å². The molecule has 0 N–H and O–H groups in total. The fraction of sp³-hybridized carbons (Fsp3) is 0.143. The second kappa shape index (κ2) is 4.28. The first kappa shape index (κ1) is 12.1. The summed E-state index contributed by atoms with van der Waals surface area (Å²) < 4.78 is 2.06. The van der Waals surface area contributed by atoms with E-state index >= 15 is 0 Å². The molecule has 0 saturated heterocycles. The maximum atomic E-state index is 4.63. The second-order valence-electron chi connectivity index (χ2n) is 4.33. The van der Waals surface area contributed by atoms with E-state index in [0.29, 0.717) is 0 Å². The highest BCUT2D eigenvalue weighted by atomic mass is 79.9. The van der Waals surface area contributed by atoms with Gasteiger partial charge in [0.15, 0.2) is 0 Å². The normalized spacial score (nSPS) is 11.3. The van der Waals surface area contributed by atoms with Crippen LogP contribution in [0.2, 0.25) is 0 Å². The van der Waals surface area contributed by atoms with Crippen molar-refractivity contribution in [1.29, 1.82) is 0 Å². The van der Waals surface area contributed by atoms with Gasteiger partial charge in [-0.2, -0.15) is 0 Å². The Morgan fingerprint density at radius 2 is 1.11 bits per heavy atom. The number of pyridine rings is 2. The largest absolute Gasteiger partial charge is 0.251 e. The average Bonchev–Trinajstić information content (AvgIpc) is 2.36. The van der Waals surface area contributed by atoms with Crippen LogP contribution in [-0.4, -0.2) is 9.97 Å². The Kier molecular flexibility index (Phi) is 2.87. The van der Waals surface area contributed by atoms with Crippen LogP contribution < -0.4 is 0 Å². The summed E-state index contributed by atoms with van der Waals surface area (Å²) in [5.41, 5.74) is 3.90. The molecule has 0 aliphatic carbocycles. The Labute approximate surface area is 122 Å². The number of rotatable bonds is 0. The van der Waals surface area contributed by atoms with Crippen LogP contribution in [0.1, 0.15) is 11.4 Å². The van der Waals surface area contributed by atoms with Gasteiger partial charge in [0.2, 0.25) is 0 Å². The molecule has 3 aromatic rings. The van der Waals surface area contributed by atoms with Crippen molar-refractivity contribution in [3.05, 3.63) is 44.6 Å². The molecular formula is C14H10Br2N2. The predicted octanol–water partition coefficient (Wildman–Crippen LogP) is 4.92. The van der Waals surface area contributed by atoms with E-state index in [1.165, 1.54) is 0 Å². The molecule has 0 unspecified atom stereocenters. The summed E-state index contributed by atoms with van der Waals surface area (Å²) in [6.07, 6.45) is 0. The molecule has 90 valence electrons. The van der Waals surface area contributed by atoms with Crippen LogP contribution in [0.25, 0.3) is 21.8 Å². The smallest absolute Gasteiger partial charge is 0.0980 e. The van der Waals surface area contributed by atoms with Crippen molar-refractivity contribution in [2.75, 3.05) is 0 Å². The lowest BCUT2D eigenvalue weighted by Gasteiger charge is -2.09. The van der Waals surface area contributed by atoms with Gasteiger partial charge in [0.1, 0.15) is 0 Å². The van der Waals surface area contributed by atoms with Gasteiger partial charge in [0, 0.05) is 31.1 Å². The highest BCUT2D eigenvalue weighted by Gasteiger charge is 2.13. The van der Waals surface area contributed by atoms with Crippen molar-refractivity contribution in [3.8, 4) is 0 Å². The van der Waals surface area contributed by atoms with Crippen LogP contribution in [0, 0.1) is 13.8 Å². The maximum absolute atomic E-state index is 4.63. The number of nitrogens with zero attached hydrogens (tertiary/aromatic N) is 2. The minimum absolute atomic E-state index is 0.948. The molecule has 0 spiro atoms. The third-order valence-corrected chi connectivity index (χ3v) is 5.14. The van der Waals surface area contributed by atoms with E-state index in [2.05, 4.69) is 54.0 Å². The summed E-state index contributed by atoms with van der Waals surface area (Å²) in [5.74, 6) is 0. The molecule has 0 radical (unpaired) electrons. The molecule has 0 atom stereocenters. The van der Waals surface area contributed by atoms with E-state index < -0.39 is 0 Å². The molecule has 4 heteroatoms. The Morgan fingerprint density at radius 1 is 0.722 bits per heavy atom. The molecule has 2 aromatic heterocycles. The fourth-order valence-corrected chi connectivity index (χ4v) is 3.13. The van der Waals surface area contributed by atoms with Crippen molar-refractivity contribution < 1.29 is 0 Å². The Morgan fingerprint density at radius 3 is 1.50 bits per heavy atom. The number of aryl methyl sites for hydroxylation is 2. The molecule has 0 aliphatic heterocycles. The summed E-state index contributed by atoms with van der Waals surface area (Å²) in [5, 5.41) is 2.16. The van der Waals surface area contributed by atoms with Gasteiger partial charge in [-0.15, -0.1) is 0 Å². The van der Waals surface area contributed by atoms with Crippen molar-refractivity contribution in [2.45, 2.75) is 13.8 Å². The molecular weight excluding hydrogens is 356 g/mol. The zero-order valence-electron chi connectivity index (χ0n) is 9.96. The van der Waals surface area contributed by atoms with Gasteiger partial charge in [-0.25, -0.2) is 0 Å². The quantitative estimate of drug-likeness (QED) is 0.528. The molecule has 18 heavy (non-hydrogen) atoms. The van der Waals surface area contributed by atoms with Crippen molar-refractivity contribution >= 4 is 53.7 Å². The highest BCUT2D eigenvalue weighted by molar-refractivity contribution is 9.13. The Hall–Kier alpha value is -1.00. The molecule has 0 aliphatic rings. The molecule has 0 amide bonds. The summed E-state index contributed by atoms with van der Waals surface area (Å²) >= 11 is 7.26. The highest BCUT2D eigenvalue weighted by Crippen LogP contribution is 2.38. The van der Waals surface area contributed by atoms with Gasteiger partial charge in [-0.05, 0) is 70.0 Å². The number of hydrogen-bond acceptors (Lipinski definition) is 2. The van der Waals surface area contributed by atoms with Crippen molar-refractivity contribution in [3.63, 3.8) is 0 Å². The van der Waals surface area contributed by atoms with E-state index in [1.807, 2.05) is 26.0 Å². The standard InChI is InChI=1S/C14H10Br2N2/c1-7-3-5-9-11(15)12(16)10-6-4-8(2)18-14(10)13(9)17-7/h3-6H,1-2H3. The van der Waals surface area contributed by atoms with E-state index in [0.717, 1.165) is 42.1 Å². The van der Waals surface area contributed by atoms with E-state index in [9.17, 15) is 0 Å². The van der Waals surface area contributed by atoms with Crippen LogP contribution in [0.3, 0.4) is 0 Å². The maximum Gasteiger partial charge on any atom is 0.0980 e. The zero-order valence-corrected chi connectivity index (χ0v) is 13.1. The first-order valence-corrected chi connectivity index (χ1v) is 7.18. The van der Waals surface area contributed by atoms with Gasteiger partial charge in [0.05, 0.1) is 11.0 Å². The van der Waals surface area contributed by atoms with E-state index in [1.54, 1.807) is 0 Å². The van der Waals surface area contributed by atoms with E-state index in [4.69, 9.17) is 0 Å². The van der Waals surface area contributed by atoms with Crippen molar-refractivity contribution in [2.24, 2.45) is 0 Å². The summed E-state index contributed by atoms with van der Waals surface area (Å²) in [7, 11) is 0. The van der Waals surface area contributed by atoms with Gasteiger partial charge < -0.3 is 0 Å². The molecule has 3 rings (SSSR count). The number of halogens is 2. The fourth-order valence-electron chi connectivity index (χ4n) is 2.07. The first-order valence-electron chi connectivity index (χ1n) is 5.59. The molecule has 0 fully saturated rings. The SMILES string of the molecule is Cc1ccc2c(Br)c(Br)c3ccc(C)nc3c2n1. The lowest BCUT2D eigenvalue weighted by Crippen LogP contribution is -1.91. The number of fused-ring (bicyclic) bond motifs is 3. The molecule has 0 bridgehead atoms. The number of benzene rings is 1. The van der Waals surface area contributed by atoms with Gasteiger partial charge in [0.25, 0.3) is 0 Å². The van der Waals surface area contributed by atoms with Crippen LogP contribution in [0.4, 0.5) is 0 Å². The summed E-state index contributed by atoms with van der Waals surface area (Å²) in [6, 6.07) is 8.19. The van der Waals surface area contributed by atoms with Gasteiger partial charge in [-0.1, -0.05) is 0 Å². The second-order valence-corrected chi connectivity index (χ2v) is 5.91. The predicted molar refractivity (Wildman–Crippen MR) is 81.9 cm³/mol. The monoisotopic (exact) mass is 364 g/mol. The number of hydrogen-bond donors (Lipinski definition) is 0. The molecule has 2 heterocycles. The van der Waals surface area contributed by atoms with Gasteiger partial charge >= 0.3 is 0 Å². The first-order chi connectivity index (χ1) is 8.58. The molecule has 1 aromatic carbocycles. The minimum atomic E-state index is 0.948. The summed E-state index contributed by atoms with van der Waals surface area (Å²) in [4.78, 5) is 9.27. The average molecular weight is 366 g/mol. The van der Waals surface area contributed by atoms with Gasteiger partial charge in [-0.3, -0.25) is 9.97 Å². The zero-order chi connectivity index (χ0) is 12.9. The van der Waals surface area contributed by atoms with Crippen LogP contribution in [0.5, 0.6) is 0 Å². The summed E-state index contributed by atoms with van der Waals surface area (Å²) in [6.45, 7) is 3.99.